The number of carbonyl (C=O) groups excluding carboxylic acids is 1. The third kappa shape index (κ3) is 2.81. The van der Waals surface area contributed by atoms with Crippen LogP contribution in [-0.4, -0.2) is 25.5 Å². The minimum atomic E-state index is -4.88. The van der Waals surface area contributed by atoms with Gasteiger partial charge in [0.25, 0.3) is 5.91 Å². The van der Waals surface area contributed by atoms with E-state index in [0.29, 0.717) is 5.56 Å². The molecule has 11 heteroatoms. The Hall–Kier alpha value is -3.01. The summed E-state index contributed by atoms with van der Waals surface area (Å²) in [5, 5.41) is 9.12. The van der Waals surface area contributed by atoms with Gasteiger partial charge in [-0.15, -0.1) is 0 Å². The van der Waals surface area contributed by atoms with E-state index in [1.54, 1.807) is 6.92 Å². The number of alkyl halides is 3. The first-order valence-corrected chi connectivity index (χ1v) is 7.86. The number of fused-ring (bicyclic) bond motifs is 1. The number of aromatic hydroxyl groups is 1. The van der Waals surface area contributed by atoms with Crippen LogP contribution in [0.3, 0.4) is 0 Å². The molecule has 0 unspecified atom stereocenters. The monoisotopic (exact) mass is 399 g/mol. The Morgan fingerprint density at radius 1 is 1.26 bits per heavy atom. The van der Waals surface area contributed by atoms with Crippen molar-refractivity contribution in [2.45, 2.75) is 20.0 Å². The van der Waals surface area contributed by atoms with Crippen molar-refractivity contribution in [1.29, 1.82) is 0 Å². The highest BCUT2D eigenvalue weighted by atomic mass is 35.5. The molecule has 0 aliphatic carbocycles. The molecule has 5 N–H and O–H groups in total. The zero-order chi connectivity index (χ0) is 20.3. The second kappa shape index (κ2) is 6.02. The SMILES string of the molecule is Cc1nc(C(F)(F)F)c2c(C(N)=O)c(N)n(-c3c(C)ccc(O)c3Cl)c2n1. The Kier molecular flexibility index (Phi) is 4.18. The number of primary amides is 1. The van der Waals surface area contributed by atoms with E-state index in [1.807, 2.05) is 0 Å². The highest BCUT2D eigenvalue weighted by Crippen LogP contribution is 2.42. The molecule has 7 nitrogen and oxygen atoms in total. The van der Waals surface area contributed by atoms with Gasteiger partial charge in [-0.3, -0.25) is 9.36 Å². The number of halogens is 4. The summed E-state index contributed by atoms with van der Waals surface area (Å²) in [4.78, 5) is 19.4. The van der Waals surface area contributed by atoms with Gasteiger partial charge in [0, 0.05) is 0 Å². The van der Waals surface area contributed by atoms with E-state index in [1.165, 1.54) is 19.1 Å². The van der Waals surface area contributed by atoms with Crippen LogP contribution in [0.2, 0.25) is 5.02 Å². The molecule has 0 radical (unpaired) electrons. The molecule has 2 heterocycles. The Morgan fingerprint density at radius 3 is 2.44 bits per heavy atom. The molecule has 1 amide bonds. The fourth-order valence-electron chi connectivity index (χ4n) is 2.91. The zero-order valence-corrected chi connectivity index (χ0v) is 14.8. The Bertz CT molecular complexity index is 1110. The number of aromatic nitrogens is 3. The number of anilines is 1. The third-order valence-electron chi connectivity index (χ3n) is 4.00. The standard InChI is InChI=1S/C16H13ClF3N5O2/c1-5-3-4-7(26)10(17)11(5)25-13(21)9(14(22)27)8-12(16(18,19)20)23-6(2)24-15(8)25/h3-4,26H,21H2,1-2H3,(H2,22,27). The number of rotatable bonds is 2. The van der Waals surface area contributed by atoms with Gasteiger partial charge in [0.1, 0.15) is 22.4 Å². The van der Waals surface area contributed by atoms with Crippen molar-refractivity contribution >= 4 is 34.4 Å². The van der Waals surface area contributed by atoms with Gasteiger partial charge < -0.3 is 16.6 Å². The maximum atomic E-state index is 13.5. The molecule has 2 aromatic heterocycles. The molecule has 27 heavy (non-hydrogen) atoms. The smallest absolute Gasteiger partial charge is 0.434 e. The van der Waals surface area contributed by atoms with E-state index in [-0.39, 0.29) is 27.9 Å². The second-order valence-electron chi connectivity index (χ2n) is 5.84. The van der Waals surface area contributed by atoms with Crippen LogP contribution < -0.4 is 11.5 Å². The van der Waals surface area contributed by atoms with Crippen molar-refractivity contribution in [2.24, 2.45) is 5.73 Å². The lowest BCUT2D eigenvalue weighted by molar-refractivity contribution is -0.139. The number of phenolic OH excluding ortho intramolecular Hbond substituents is 1. The number of hydrogen-bond acceptors (Lipinski definition) is 5. The molecule has 3 aromatic rings. The summed E-state index contributed by atoms with van der Waals surface area (Å²) >= 11 is 6.16. The molecule has 1 aromatic carbocycles. The van der Waals surface area contributed by atoms with Crippen LogP contribution in [0.1, 0.15) is 27.4 Å². The number of benzene rings is 1. The molecule has 0 atom stereocenters. The molecule has 142 valence electrons. The van der Waals surface area contributed by atoms with Gasteiger partial charge >= 0.3 is 6.18 Å². The summed E-state index contributed by atoms with van der Waals surface area (Å²) in [5.41, 5.74) is 9.63. The van der Waals surface area contributed by atoms with Crippen molar-refractivity contribution in [2.75, 3.05) is 5.73 Å². The summed E-state index contributed by atoms with van der Waals surface area (Å²) < 4.78 is 41.7. The van der Waals surface area contributed by atoms with E-state index >= 15 is 0 Å². The average Bonchev–Trinajstić information content (AvgIpc) is 2.82. The van der Waals surface area contributed by atoms with Crippen LogP contribution in [0.4, 0.5) is 19.0 Å². The minimum absolute atomic E-state index is 0.0814. The van der Waals surface area contributed by atoms with E-state index in [9.17, 15) is 23.1 Å². The number of nitrogen functional groups attached to an aromatic ring is 1. The lowest BCUT2D eigenvalue weighted by atomic mass is 10.1. The van der Waals surface area contributed by atoms with Crippen molar-refractivity contribution in [3.8, 4) is 11.4 Å². The lowest BCUT2D eigenvalue weighted by Gasteiger charge is -2.14. The molecule has 0 saturated carbocycles. The van der Waals surface area contributed by atoms with Crippen molar-refractivity contribution < 1.29 is 23.1 Å². The predicted molar refractivity (Wildman–Crippen MR) is 92.9 cm³/mol. The largest absolute Gasteiger partial charge is 0.506 e. The zero-order valence-electron chi connectivity index (χ0n) is 14.0. The number of phenols is 1. The molecule has 0 spiro atoms. The van der Waals surface area contributed by atoms with Crippen molar-refractivity contribution in [1.82, 2.24) is 14.5 Å². The Balaban J connectivity index is 2.62. The normalized spacial score (nSPS) is 11.9. The van der Waals surface area contributed by atoms with Gasteiger partial charge in [-0.2, -0.15) is 13.2 Å². The highest BCUT2D eigenvalue weighted by molar-refractivity contribution is 6.34. The summed E-state index contributed by atoms with van der Waals surface area (Å²) in [5.74, 6) is -2.08. The molecule has 0 bridgehead atoms. The van der Waals surface area contributed by atoms with Crippen LogP contribution >= 0.6 is 11.6 Å². The number of amides is 1. The summed E-state index contributed by atoms with van der Waals surface area (Å²) in [6, 6.07) is 2.81. The maximum Gasteiger partial charge on any atom is 0.434 e. The summed E-state index contributed by atoms with van der Waals surface area (Å²) in [6.45, 7) is 2.87. The number of nitrogens with zero attached hydrogens (tertiary/aromatic N) is 3. The van der Waals surface area contributed by atoms with Crippen LogP contribution in [0, 0.1) is 13.8 Å². The van der Waals surface area contributed by atoms with Crippen LogP contribution in [0.15, 0.2) is 12.1 Å². The van der Waals surface area contributed by atoms with E-state index < -0.39 is 34.5 Å². The van der Waals surface area contributed by atoms with Gasteiger partial charge in [0.15, 0.2) is 11.3 Å². The highest BCUT2D eigenvalue weighted by Gasteiger charge is 2.39. The molecule has 0 saturated heterocycles. The number of hydrogen-bond donors (Lipinski definition) is 3. The van der Waals surface area contributed by atoms with Crippen LogP contribution in [-0.2, 0) is 6.18 Å². The van der Waals surface area contributed by atoms with Crippen LogP contribution in [0.5, 0.6) is 5.75 Å². The predicted octanol–water partition coefficient (Wildman–Crippen LogP) is 3.10. The average molecular weight is 400 g/mol. The number of nitrogens with two attached hydrogens (primary N) is 2. The molecule has 3 rings (SSSR count). The third-order valence-corrected chi connectivity index (χ3v) is 4.37. The van der Waals surface area contributed by atoms with E-state index in [2.05, 4.69) is 9.97 Å². The van der Waals surface area contributed by atoms with Crippen molar-refractivity contribution in [3.05, 3.63) is 39.8 Å². The van der Waals surface area contributed by atoms with Gasteiger partial charge in [0.2, 0.25) is 0 Å². The molecular weight excluding hydrogens is 387 g/mol. The van der Waals surface area contributed by atoms with E-state index in [0.717, 1.165) is 4.57 Å². The van der Waals surface area contributed by atoms with Gasteiger partial charge in [-0.05, 0) is 25.5 Å². The maximum absolute atomic E-state index is 13.5. The van der Waals surface area contributed by atoms with Gasteiger partial charge in [0.05, 0.1) is 16.6 Å². The van der Waals surface area contributed by atoms with Gasteiger partial charge in [-0.25, -0.2) is 9.97 Å². The number of aryl methyl sites for hydroxylation is 2. The summed E-state index contributed by atoms with van der Waals surface area (Å²) in [7, 11) is 0. The quantitative estimate of drug-likeness (QED) is 0.611. The number of carbonyl (C=O) groups is 1. The fraction of sp³-hybridized carbons (Fsp3) is 0.188. The minimum Gasteiger partial charge on any atom is -0.506 e. The fourth-order valence-corrected chi connectivity index (χ4v) is 3.21. The second-order valence-corrected chi connectivity index (χ2v) is 6.22. The van der Waals surface area contributed by atoms with Gasteiger partial charge in [-0.1, -0.05) is 17.7 Å². The Morgan fingerprint density at radius 2 is 1.89 bits per heavy atom. The molecule has 0 fully saturated rings. The van der Waals surface area contributed by atoms with E-state index in [4.69, 9.17) is 23.1 Å². The first kappa shape index (κ1) is 18.8. The van der Waals surface area contributed by atoms with Crippen molar-refractivity contribution in [3.63, 3.8) is 0 Å². The first-order chi connectivity index (χ1) is 12.4. The topological polar surface area (TPSA) is 120 Å². The molecular formula is C16H13ClF3N5O2. The molecule has 0 aliphatic rings. The Labute approximate surface area is 155 Å². The first-order valence-electron chi connectivity index (χ1n) is 7.49. The molecule has 0 aliphatic heterocycles. The lowest BCUT2D eigenvalue weighted by Crippen LogP contribution is -2.16. The van der Waals surface area contributed by atoms with Crippen LogP contribution in [0.25, 0.3) is 16.7 Å². The summed E-state index contributed by atoms with van der Waals surface area (Å²) in [6.07, 6.45) is -4.88.